The minimum absolute atomic E-state index is 0.424. The summed E-state index contributed by atoms with van der Waals surface area (Å²) in [5, 5.41) is 0. The Morgan fingerprint density at radius 2 is 1.00 bits per heavy atom. The molecule has 0 saturated carbocycles. The lowest BCUT2D eigenvalue weighted by molar-refractivity contribution is -0.143. The van der Waals surface area contributed by atoms with E-state index in [0.717, 1.165) is 24.3 Å². The third kappa shape index (κ3) is 5.67. The lowest BCUT2D eigenvalue weighted by atomic mass is 10.2. The van der Waals surface area contributed by atoms with Gasteiger partial charge in [-0.25, -0.2) is 8.78 Å². The van der Waals surface area contributed by atoms with Crippen molar-refractivity contribution in [2.45, 2.75) is 25.2 Å². The summed E-state index contributed by atoms with van der Waals surface area (Å²) in [6, 6.07) is 3.93. The Morgan fingerprint density at radius 1 is 0.667 bits per heavy atom. The molecule has 162 valence electrons. The zero-order valence-corrected chi connectivity index (χ0v) is 14.5. The fourth-order valence-corrected chi connectivity index (χ4v) is 2.17. The van der Waals surface area contributed by atoms with E-state index in [-0.39, 0.29) is 0 Å². The maximum absolute atomic E-state index is 13.8. The van der Waals surface area contributed by atoms with E-state index < -0.39 is 71.4 Å². The van der Waals surface area contributed by atoms with E-state index in [9.17, 15) is 44.7 Å². The number of rotatable bonds is 5. The molecule has 2 aromatic carbocycles. The first-order valence-electron chi connectivity index (χ1n) is 7.93. The Bertz CT molecular complexity index is 873. The van der Waals surface area contributed by atoms with Crippen LogP contribution < -0.4 is 9.47 Å². The van der Waals surface area contributed by atoms with Gasteiger partial charge in [0, 0.05) is 0 Å². The van der Waals surface area contributed by atoms with Crippen LogP contribution in [-0.2, 0) is 21.9 Å². The minimum atomic E-state index is -5.04. The van der Waals surface area contributed by atoms with Crippen LogP contribution >= 0.6 is 0 Å². The average molecular weight is 442 g/mol. The summed E-state index contributed by atoms with van der Waals surface area (Å²) in [5.41, 5.74) is -3.35. The number of benzene rings is 2. The largest absolute Gasteiger partial charge is 0.423 e. The SMILES string of the molecule is O=C(CCC(=O)Oc1cccc(C(F)(F)F)c1F)Oc1cccc(C(F)(F)F)c1F. The summed E-state index contributed by atoms with van der Waals surface area (Å²) in [6.45, 7) is 0. The Labute approximate surface area is 163 Å². The predicted octanol–water partition coefficient (Wildman–Crippen LogP) is 5.29. The number of halogens is 8. The second-order valence-electron chi connectivity index (χ2n) is 5.68. The first kappa shape index (κ1) is 23.1. The Hall–Kier alpha value is -3.18. The second-order valence-corrected chi connectivity index (χ2v) is 5.68. The summed E-state index contributed by atoms with van der Waals surface area (Å²) in [5.74, 6) is -8.40. The molecule has 4 nitrogen and oxygen atoms in total. The highest BCUT2D eigenvalue weighted by atomic mass is 19.4. The smallest absolute Gasteiger partial charge is 0.419 e. The zero-order chi connectivity index (χ0) is 22.7. The highest BCUT2D eigenvalue weighted by Gasteiger charge is 2.36. The van der Waals surface area contributed by atoms with Gasteiger partial charge in [0.2, 0.25) is 0 Å². The van der Waals surface area contributed by atoms with Crippen molar-refractivity contribution < 1.29 is 54.2 Å². The number of alkyl halides is 6. The third-order valence-corrected chi connectivity index (χ3v) is 3.52. The molecule has 0 amide bonds. The van der Waals surface area contributed by atoms with Gasteiger partial charge in [-0.2, -0.15) is 26.3 Å². The Balaban J connectivity index is 1.99. The molecule has 0 fully saturated rings. The van der Waals surface area contributed by atoms with Crippen LogP contribution in [0.2, 0.25) is 0 Å². The molecule has 2 rings (SSSR count). The predicted molar refractivity (Wildman–Crippen MR) is 83.3 cm³/mol. The molecule has 0 atom stereocenters. The maximum atomic E-state index is 13.8. The highest BCUT2D eigenvalue weighted by molar-refractivity contribution is 5.80. The molecule has 0 bridgehead atoms. The molecule has 0 spiro atoms. The minimum Gasteiger partial charge on any atom is -0.423 e. The van der Waals surface area contributed by atoms with Gasteiger partial charge < -0.3 is 9.47 Å². The van der Waals surface area contributed by atoms with Crippen LogP contribution in [0.5, 0.6) is 11.5 Å². The summed E-state index contributed by atoms with van der Waals surface area (Å²) in [6.07, 6.45) is -11.7. The van der Waals surface area contributed by atoms with Crippen molar-refractivity contribution in [1.29, 1.82) is 0 Å². The van der Waals surface area contributed by atoms with Gasteiger partial charge in [0.25, 0.3) is 0 Å². The summed E-state index contributed by atoms with van der Waals surface area (Å²) in [4.78, 5) is 23.3. The fourth-order valence-electron chi connectivity index (χ4n) is 2.17. The Kier molecular flexibility index (Phi) is 6.68. The topological polar surface area (TPSA) is 52.6 Å². The van der Waals surface area contributed by atoms with Gasteiger partial charge in [-0.3, -0.25) is 9.59 Å². The molecule has 0 radical (unpaired) electrons. The van der Waals surface area contributed by atoms with E-state index in [4.69, 9.17) is 0 Å². The molecule has 0 aliphatic rings. The van der Waals surface area contributed by atoms with Gasteiger partial charge in [0.05, 0.1) is 24.0 Å². The molecular formula is C18H10F8O4. The molecule has 12 heteroatoms. The highest BCUT2D eigenvalue weighted by Crippen LogP contribution is 2.36. The summed E-state index contributed by atoms with van der Waals surface area (Å²) in [7, 11) is 0. The number of esters is 2. The molecular weight excluding hydrogens is 432 g/mol. The first-order valence-corrected chi connectivity index (χ1v) is 7.93. The van der Waals surface area contributed by atoms with Crippen LogP contribution in [0.3, 0.4) is 0 Å². The first-order chi connectivity index (χ1) is 13.8. The van der Waals surface area contributed by atoms with Crippen molar-refractivity contribution in [3.05, 3.63) is 59.2 Å². The molecule has 0 saturated heterocycles. The van der Waals surface area contributed by atoms with Crippen LogP contribution in [-0.4, -0.2) is 11.9 Å². The lowest BCUT2D eigenvalue weighted by Crippen LogP contribution is -2.17. The van der Waals surface area contributed by atoms with Crippen molar-refractivity contribution >= 4 is 11.9 Å². The third-order valence-electron chi connectivity index (χ3n) is 3.52. The summed E-state index contributed by atoms with van der Waals surface area (Å²) < 4.78 is 112. The van der Waals surface area contributed by atoms with Crippen molar-refractivity contribution in [3.8, 4) is 11.5 Å². The molecule has 30 heavy (non-hydrogen) atoms. The molecule has 0 N–H and O–H groups in total. The molecule has 0 aliphatic carbocycles. The quantitative estimate of drug-likeness (QED) is 0.359. The van der Waals surface area contributed by atoms with Gasteiger partial charge in [0.15, 0.2) is 23.1 Å². The van der Waals surface area contributed by atoms with Crippen LogP contribution in [0.15, 0.2) is 36.4 Å². The standard InChI is InChI=1S/C18H10F8O4/c19-15-9(17(21,22)23)3-1-5-11(15)29-13(27)7-8-14(28)30-12-6-2-4-10(16(12)20)18(24,25)26/h1-6H,7-8H2. The van der Waals surface area contributed by atoms with Crippen molar-refractivity contribution in [2.24, 2.45) is 0 Å². The van der Waals surface area contributed by atoms with Crippen LogP contribution in [0.4, 0.5) is 35.1 Å². The van der Waals surface area contributed by atoms with Crippen LogP contribution in [0, 0.1) is 11.6 Å². The van der Waals surface area contributed by atoms with E-state index >= 15 is 0 Å². The molecule has 0 aliphatic heterocycles. The van der Waals surface area contributed by atoms with Crippen LogP contribution in [0.1, 0.15) is 24.0 Å². The van der Waals surface area contributed by atoms with Gasteiger partial charge in [-0.05, 0) is 24.3 Å². The van der Waals surface area contributed by atoms with E-state index in [1.54, 1.807) is 0 Å². The van der Waals surface area contributed by atoms with E-state index in [1.165, 1.54) is 0 Å². The van der Waals surface area contributed by atoms with Gasteiger partial charge in [0.1, 0.15) is 0 Å². The fraction of sp³-hybridized carbons (Fsp3) is 0.222. The van der Waals surface area contributed by atoms with Gasteiger partial charge in [-0.1, -0.05) is 12.1 Å². The molecule has 0 aromatic heterocycles. The normalized spacial score (nSPS) is 11.9. The van der Waals surface area contributed by atoms with Crippen LogP contribution in [0.25, 0.3) is 0 Å². The van der Waals surface area contributed by atoms with Gasteiger partial charge in [-0.15, -0.1) is 0 Å². The van der Waals surface area contributed by atoms with Crippen molar-refractivity contribution in [1.82, 2.24) is 0 Å². The Morgan fingerprint density at radius 3 is 1.30 bits per heavy atom. The number of carbonyl (C=O) groups excluding carboxylic acids is 2. The van der Waals surface area contributed by atoms with Crippen molar-refractivity contribution in [3.63, 3.8) is 0 Å². The maximum Gasteiger partial charge on any atom is 0.419 e. The van der Waals surface area contributed by atoms with Crippen molar-refractivity contribution in [2.75, 3.05) is 0 Å². The number of ether oxygens (including phenoxy) is 2. The average Bonchev–Trinajstić information content (AvgIpc) is 2.61. The zero-order valence-electron chi connectivity index (χ0n) is 14.5. The van der Waals surface area contributed by atoms with Gasteiger partial charge >= 0.3 is 24.3 Å². The van der Waals surface area contributed by atoms with E-state index in [0.29, 0.717) is 12.1 Å². The molecule has 0 heterocycles. The summed E-state index contributed by atoms with van der Waals surface area (Å²) >= 11 is 0. The lowest BCUT2D eigenvalue weighted by Gasteiger charge is -2.12. The number of hydrogen-bond donors (Lipinski definition) is 0. The second kappa shape index (κ2) is 8.67. The molecule has 0 unspecified atom stereocenters. The number of carbonyl (C=O) groups is 2. The monoisotopic (exact) mass is 442 g/mol. The number of hydrogen-bond acceptors (Lipinski definition) is 4. The molecule has 2 aromatic rings. The van der Waals surface area contributed by atoms with E-state index in [2.05, 4.69) is 9.47 Å². The van der Waals surface area contributed by atoms with E-state index in [1.807, 2.05) is 0 Å².